The molecule has 4 nitrogen and oxygen atoms in total. The van der Waals surface area contributed by atoms with Crippen molar-refractivity contribution in [1.29, 1.82) is 0 Å². The minimum absolute atomic E-state index is 0.136. The van der Waals surface area contributed by atoms with Crippen LogP contribution in [0.25, 0.3) is 0 Å². The van der Waals surface area contributed by atoms with Crippen LogP contribution in [0.4, 0.5) is 0 Å². The first kappa shape index (κ1) is 13.8. The van der Waals surface area contributed by atoms with Crippen LogP contribution in [0.3, 0.4) is 0 Å². The molecule has 110 valence electrons. The Morgan fingerprint density at radius 1 is 0.947 bits per heavy atom. The fourth-order valence-corrected chi connectivity index (χ4v) is 5.73. The molecule has 0 aromatic rings. The van der Waals surface area contributed by atoms with E-state index in [0.29, 0.717) is 18.1 Å². The summed E-state index contributed by atoms with van der Waals surface area (Å²) in [6.45, 7) is 0. The number of piperidine rings is 1. The zero-order chi connectivity index (χ0) is 13.6. The zero-order valence-corrected chi connectivity index (χ0v) is 12.5. The molecule has 0 amide bonds. The second-order valence-corrected chi connectivity index (χ2v) is 9.06. The number of fused-ring (bicyclic) bond motifs is 2. The Hall–Kier alpha value is -0.130. The predicted octanol–water partition coefficient (Wildman–Crippen LogP) is 1.33. The lowest BCUT2D eigenvalue weighted by molar-refractivity contribution is 0.00122. The van der Waals surface area contributed by atoms with Crippen LogP contribution >= 0.6 is 0 Å². The first-order chi connectivity index (χ1) is 8.95. The lowest BCUT2D eigenvalue weighted by Crippen LogP contribution is -2.52. The molecule has 1 aliphatic carbocycles. The molecule has 1 N–H and O–H groups in total. The Morgan fingerprint density at radius 2 is 1.53 bits per heavy atom. The highest BCUT2D eigenvalue weighted by Gasteiger charge is 2.45. The van der Waals surface area contributed by atoms with Gasteiger partial charge in [-0.05, 0) is 44.9 Å². The lowest BCUT2D eigenvalue weighted by atomic mass is 9.89. The van der Waals surface area contributed by atoms with Crippen molar-refractivity contribution >= 4 is 9.84 Å². The van der Waals surface area contributed by atoms with Crippen LogP contribution in [0.1, 0.15) is 51.4 Å². The molecule has 3 rings (SSSR count). The third-order valence-corrected chi connectivity index (χ3v) is 7.03. The number of aliphatic hydroxyl groups excluding tert-OH is 1. The average molecular weight is 287 g/mol. The van der Waals surface area contributed by atoms with E-state index in [2.05, 4.69) is 4.90 Å². The van der Waals surface area contributed by atoms with Crippen LogP contribution in [0, 0.1) is 0 Å². The number of sulfone groups is 1. The molecule has 4 unspecified atom stereocenters. The molecule has 2 bridgehead atoms. The molecule has 0 aromatic carbocycles. The monoisotopic (exact) mass is 287 g/mol. The molecular weight excluding hydrogens is 262 g/mol. The number of aliphatic hydroxyl groups is 1. The molecule has 4 atom stereocenters. The van der Waals surface area contributed by atoms with Gasteiger partial charge in [-0.1, -0.05) is 6.42 Å². The van der Waals surface area contributed by atoms with Gasteiger partial charge in [0.15, 0.2) is 0 Å². The van der Waals surface area contributed by atoms with E-state index >= 15 is 0 Å². The number of rotatable bonds is 2. The van der Waals surface area contributed by atoms with Gasteiger partial charge in [0.05, 0.1) is 11.4 Å². The van der Waals surface area contributed by atoms with Crippen molar-refractivity contribution in [3.05, 3.63) is 0 Å². The van der Waals surface area contributed by atoms with E-state index in [1.54, 1.807) is 0 Å². The number of hydrogen-bond donors (Lipinski definition) is 1. The van der Waals surface area contributed by atoms with Gasteiger partial charge in [-0.25, -0.2) is 8.42 Å². The van der Waals surface area contributed by atoms with E-state index in [9.17, 15) is 13.5 Å². The highest BCUT2D eigenvalue weighted by atomic mass is 32.2. The molecule has 19 heavy (non-hydrogen) atoms. The number of hydrogen-bond acceptors (Lipinski definition) is 4. The van der Waals surface area contributed by atoms with Crippen molar-refractivity contribution in [2.75, 3.05) is 6.26 Å². The van der Waals surface area contributed by atoms with Crippen molar-refractivity contribution in [2.45, 2.75) is 80.8 Å². The van der Waals surface area contributed by atoms with Crippen LogP contribution in [0.5, 0.6) is 0 Å². The first-order valence-corrected chi connectivity index (χ1v) is 9.55. The highest BCUT2D eigenvalue weighted by Crippen LogP contribution is 2.41. The van der Waals surface area contributed by atoms with Gasteiger partial charge in [0, 0.05) is 24.4 Å². The average Bonchev–Trinajstić information content (AvgIpc) is 2.61. The summed E-state index contributed by atoms with van der Waals surface area (Å²) in [7, 11) is -2.90. The van der Waals surface area contributed by atoms with Gasteiger partial charge in [-0.3, -0.25) is 4.90 Å². The fourth-order valence-electron chi connectivity index (χ4n) is 4.56. The maximum absolute atomic E-state index is 11.8. The summed E-state index contributed by atoms with van der Waals surface area (Å²) in [6, 6.07) is 1.42. The second-order valence-electron chi connectivity index (χ2n) is 6.73. The standard InChI is InChI=1S/C14H25NO3S/c1-19(17,18)14-4-2-3-10(9-14)15-11-5-6-12(15)8-13(16)7-11/h10-14,16H,2-9H2,1H3. The smallest absolute Gasteiger partial charge is 0.150 e. The first-order valence-electron chi connectivity index (χ1n) is 7.59. The minimum atomic E-state index is -2.90. The van der Waals surface area contributed by atoms with E-state index in [1.165, 1.54) is 19.1 Å². The molecule has 0 spiro atoms. The Kier molecular flexibility index (Phi) is 3.65. The van der Waals surface area contributed by atoms with Gasteiger partial charge in [-0.2, -0.15) is 0 Å². The van der Waals surface area contributed by atoms with Crippen LogP contribution in [-0.4, -0.2) is 54.2 Å². The summed E-state index contributed by atoms with van der Waals surface area (Å²) in [5, 5.41) is 9.72. The van der Waals surface area contributed by atoms with Crippen molar-refractivity contribution in [1.82, 2.24) is 4.90 Å². The van der Waals surface area contributed by atoms with E-state index in [4.69, 9.17) is 0 Å². The predicted molar refractivity (Wildman–Crippen MR) is 74.8 cm³/mol. The molecular formula is C14H25NO3S. The fraction of sp³-hybridized carbons (Fsp3) is 1.00. The molecule has 3 aliphatic rings. The Labute approximate surface area is 116 Å². The van der Waals surface area contributed by atoms with Gasteiger partial charge >= 0.3 is 0 Å². The van der Waals surface area contributed by atoms with Gasteiger partial charge in [-0.15, -0.1) is 0 Å². The minimum Gasteiger partial charge on any atom is -0.393 e. The summed E-state index contributed by atoms with van der Waals surface area (Å²) in [5.41, 5.74) is 0. The lowest BCUT2D eigenvalue weighted by Gasteiger charge is -2.45. The molecule has 2 aliphatic heterocycles. The number of nitrogens with zero attached hydrogens (tertiary/aromatic N) is 1. The SMILES string of the molecule is CS(=O)(=O)C1CCCC(N2C3CCC2CC(O)C3)C1. The van der Waals surface area contributed by atoms with Crippen molar-refractivity contribution in [2.24, 2.45) is 0 Å². The zero-order valence-electron chi connectivity index (χ0n) is 11.7. The molecule has 0 radical (unpaired) electrons. The molecule has 5 heteroatoms. The van der Waals surface area contributed by atoms with Crippen LogP contribution < -0.4 is 0 Å². The van der Waals surface area contributed by atoms with Crippen molar-refractivity contribution < 1.29 is 13.5 Å². The van der Waals surface area contributed by atoms with Gasteiger partial charge in [0.2, 0.25) is 0 Å². The molecule has 2 saturated heterocycles. The summed E-state index contributed by atoms with van der Waals surface area (Å²) in [4.78, 5) is 2.57. The summed E-state index contributed by atoms with van der Waals surface area (Å²) >= 11 is 0. The van der Waals surface area contributed by atoms with Crippen LogP contribution in [0.15, 0.2) is 0 Å². The molecule has 3 fully saturated rings. The second kappa shape index (κ2) is 5.01. The third-order valence-electron chi connectivity index (χ3n) is 5.39. The van der Waals surface area contributed by atoms with E-state index in [1.807, 2.05) is 0 Å². The van der Waals surface area contributed by atoms with E-state index in [-0.39, 0.29) is 11.4 Å². The van der Waals surface area contributed by atoms with E-state index < -0.39 is 9.84 Å². The maximum atomic E-state index is 11.8. The maximum Gasteiger partial charge on any atom is 0.150 e. The molecule has 2 heterocycles. The highest BCUT2D eigenvalue weighted by molar-refractivity contribution is 7.91. The molecule has 0 aromatic heterocycles. The quantitative estimate of drug-likeness (QED) is 0.832. The largest absolute Gasteiger partial charge is 0.393 e. The summed E-state index contributed by atoms with van der Waals surface area (Å²) in [5.74, 6) is 0. The Bertz CT molecular complexity index is 422. The third kappa shape index (κ3) is 2.69. The van der Waals surface area contributed by atoms with Gasteiger partial charge < -0.3 is 5.11 Å². The van der Waals surface area contributed by atoms with Gasteiger partial charge in [0.1, 0.15) is 9.84 Å². The Balaban J connectivity index is 1.73. The normalized spacial score (nSPS) is 44.4. The summed E-state index contributed by atoms with van der Waals surface area (Å²) in [6.07, 6.45) is 9.19. The van der Waals surface area contributed by atoms with Gasteiger partial charge in [0.25, 0.3) is 0 Å². The summed E-state index contributed by atoms with van der Waals surface area (Å²) < 4.78 is 23.6. The van der Waals surface area contributed by atoms with Crippen LogP contribution in [-0.2, 0) is 9.84 Å². The van der Waals surface area contributed by atoms with Crippen molar-refractivity contribution in [3.63, 3.8) is 0 Å². The van der Waals surface area contributed by atoms with Crippen LogP contribution in [0.2, 0.25) is 0 Å². The van der Waals surface area contributed by atoms with Crippen molar-refractivity contribution in [3.8, 4) is 0 Å². The molecule has 1 saturated carbocycles. The topological polar surface area (TPSA) is 57.6 Å². The Morgan fingerprint density at radius 3 is 2.11 bits per heavy atom. The van der Waals surface area contributed by atoms with E-state index in [0.717, 1.165) is 38.5 Å².